The Morgan fingerprint density at radius 3 is 2.55 bits per heavy atom. The predicted octanol–water partition coefficient (Wildman–Crippen LogP) is 1.33. The molecule has 1 aromatic carbocycles. The Morgan fingerprint density at radius 1 is 1.30 bits per heavy atom. The van der Waals surface area contributed by atoms with E-state index in [2.05, 4.69) is 5.53 Å². The van der Waals surface area contributed by atoms with Crippen LogP contribution in [0.15, 0.2) is 42.4 Å². The molecule has 1 aromatic rings. The monoisotopic (exact) mass is 276 g/mol. The minimum atomic E-state index is -0.506. The summed E-state index contributed by atoms with van der Waals surface area (Å²) < 4.78 is 5.27. The third-order valence-corrected chi connectivity index (χ3v) is 2.54. The maximum atomic E-state index is 11.8. The zero-order valence-corrected chi connectivity index (χ0v) is 12.0. The number of ether oxygens (including phenoxy) is 1. The molecule has 2 rings (SSSR count). The number of hydrogen-bond acceptors (Lipinski definition) is 6. The number of anilines is 1. The number of nitrogens with zero attached hydrogens (tertiary/aromatic N) is 2. The molecule has 6 heteroatoms. The topological polar surface area (TPSA) is 70.8 Å². The molecule has 0 aromatic heterocycles. The fourth-order valence-corrected chi connectivity index (χ4v) is 1.77. The van der Waals surface area contributed by atoms with Gasteiger partial charge < -0.3 is 10.5 Å². The van der Waals surface area contributed by atoms with Gasteiger partial charge in [-0.25, -0.2) is 0 Å². The van der Waals surface area contributed by atoms with E-state index in [4.69, 9.17) is 10.5 Å². The van der Waals surface area contributed by atoms with E-state index >= 15 is 0 Å². The van der Waals surface area contributed by atoms with Crippen molar-refractivity contribution in [1.29, 1.82) is 0 Å². The zero-order chi connectivity index (χ0) is 14.8. The van der Waals surface area contributed by atoms with Crippen molar-refractivity contribution in [3.8, 4) is 0 Å². The minimum Gasteiger partial charge on any atom is -0.459 e. The molecule has 1 aliphatic heterocycles. The van der Waals surface area contributed by atoms with Crippen molar-refractivity contribution in [2.45, 2.75) is 26.4 Å². The highest BCUT2D eigenvalue weighted by Crippen LogP contribution is 2.17. The van der Waals surface area contributed by atoms with Crippen LogP contribution in [0.2, 0.25) is 0 Å². The first kappa shape index (κ1) is 14.2. The maximum Gasteiger partial charge on any atom is 0.327 e. The lowest BCUT2D eigenvalue weighted by Crippen LogP contribution is -2.45. The van der Waals surface area contributed by atoms with Crippen LogP contribution in [0.5, 0.6) is 0 Å². The van der Waals surface area contributed by atoms with Crippen LogP contribution in [0.1, 0.15) is 20.8 Å². The number of carbonyl (C=O) groups is 1. The van der Waals surface area contributed by atoms with Crippen molar-refractivity contribution >= 4 is 11.7 Å². The molecule has 0 bridgehead atoms. The smallest absolute Gasteiger partial charge is 0.327 e. The van der Waals surface area contributed by atoms with E-state index in [9.17, 15) is 4.79 Å². The van der Waals surface area contributed by atoms with E-state index < -0.39 is 5.60 Å². The van der Waals surface area contributed by atoms with Crippen LogP contribution < -0.4 is 16.3 Å². The second kappa shape index (κ2) is 5.42. The highest BCUT2D eigenvalue weighted by molar-refractivity contribution is 5.72. The molecule has 6 nitrogen and oxygen atoms in total. The molecular formula is C14H20N4O2. The average Bonchev–Trinajstić information content (AvgIpc) is 2.70. The van der Waals surface area contributed by atoms with Crippen LogP contribution in [0.25, 0.3) is 0 Å². The summed E-state index contributed by atoms with van der Waals surface area (Å²) in [6.45, 7) is 5.54. The molecule has 0 aliphatic carbocycles. The Hall–Kier alpha value is -2.21. The quantitative estimate of drug-likeness (QED) is 0.812. The van der Waals surface area contributed by atoms with Gasteiger partial charge in [0.2, 0.25) is 0 Å². The van der Waals surface area contributed by atoms with Crippen molar-refractivity contribution in [3.05, 3.63) is 42.4 Å². The van der Waals surface area contributed by atoms with Crippen LogP contribution in [-0.4, -0.2) is 23.1 Å². The van der Waals surface area contributed by atoms with Gasteiger partial charge >= 0.3 is 5.97 Å². The molecule has 0 atom stereocenters. The van der Waals surface area contributed by atoms with Crippen molar-refractivity contribution in [1.82, 2.24) is 10.5 Å². The summed E-state index contributed by atoms with van der Waals surface area (Å²) in [7, 11) is 0. The largest absolute Gasteiger partial charge is 0.459 e. The Balaban J connectivity index is 1.97. The van der Waals surface area contributed by atoms with Gasteiger partial charge in [-0.15, -0.1) is 5.53 Å². The van der Waals surface area contributed by atoms with Crippen LogP contribution in [-0.2, 0) is 9.53 Å². The first-order valence-electron chi connectivity index (χ1n) is 6.42. The van der Waals surface area contributed by atoms with Crippen LogP contribution in [0.4, 0.5) is 5.69 Å². The van der Waals surface area contributed by atoms with Crippen molar-refractivity contribution in [2.75, 3.05) is 11.6 Å². The van der Waals surface area contributed by atoms with Gasteiger partial charge in [-0.1, -0.05) is 18.2 Å². The Kier molecular flexibility index (Phi) is 3.85. The summed E-state index contributed by atoms with van der Waals surface area (Å²) in [5.74, 6) is 0.121. The number of nitrogens with two attached hydrogens (primary N) is 1. The van der Waals surface area contributed by atoms with Crippen LogP contribution in [0, 0.1) is 0 Å². The third-order valence-electron chi connectivity index (χ3n) is 2.54. The summed E-state index contributed by atoms with van der Waals surface area (Å²) in [6.07, 6.45) is 1.72. The number of hydrazine groups is 2. The molecule has 0 fully saturated rings. The minimum absolute atomic E-state index is 0.0446. The lowest BCUT2D eigenvalue weighted by Gasteiger charge is -2.25. The molecule has 1 aliphatic rings. The SMILES string of the molecule is CC(C)(C)OC(=O)CN1NN(c2ccccc2)C=C1N. The van der Waals surface area contributed by atoms with Crippen LogP contribution >= 0.6 is 0 Å². The number of carbonyl (C=O) groups excluding carboxylic acids is 1. The van der Waals surface area contributed by atoms with Gasteiger partial charge in [0, 0.05) is 0 Å². The summed E-state index contributed by atoms with van der Waals surface area (Å²) >= 11 is 0. The van der Waals surface area contributed by atoms with Gasteiger partial charge in [-0.05, 0) is 32.9 Å². The fourth-order valence-electron chi connectivity index (χ4n) is 1.77. The summed E-state index contributed by atoms with van der Waals surface area (Å²) in [5.41, 5.74) is 9.34. The van der Waals surface area contributed by atoms with Gasteiger partial charge in [0.05, 0.1) is 11.9 Å². The Labute approximate surface area is 118 Å². The summed E-state index contributed by atoms with van der Waals surface area (Å²) in [4.78, 5) is 11.8. The molecule has 0 saturated carbocycles. The standard InChI is InChI=1S/C14H20N4O2/c1-14(2,3)20-13(19)10-18-12(15)9-17(16-18)11-7-5-4-6-8-11/h4-9,16H,10,15H2,1-3H3. The summed E-state index contributed by atoms with van der Waals surface area (Å²) in [5, 5.41) is 3.29. The average molecular weight is 276 g/mol. The Morgan fingerprint density at radius 2 is 1.95 bits per heavy atom. The normalized spacial score (nSPS) is 15.2. The third kappa shape index (κ3) is 3.64. The van der Waals surface area contributed by atoms with Gasteiger partial charge in [0.25, 0.3) is 0 Å². The molecule has 108 valence electrons. The van der Waals surface area contributed by atoms with Gasteiger partial charge in [-0.2, -0.15) is 0 Å². The molecule has 3 N–H and O–H groups in total. The number of rotatable bonds is 3. The van der Waals surface area contributed by atoms with Crippen LogP contribution in [0.3, 0.4) is 0 Å². The zero-order valence-electron chi connectivity index (χ0n) is 12.0. The lowest BCUT2D eigenvalue weighted by atomic mass is 10.2. The second-order valence-corrected chi connectivity index (χ2v) is 5.53. The fraction of sp³-hybridized carbons (Fsp3) is 0.357. The number of para-hydroxylation sites is 1. The molecule has 1 heterocycles. The predicted molar refractivity (Wildman–Crippen MR) is 76.9 cm³/mol. The van der Waals surface area contributed by atoms with Gasteiger partial charge in [0.1, 0.15) is 18.0 Å². The van der Waals surface area contributed by atoms with E-state index in [0.29, 0.717) is 5.82 Å². The molecule has 0 unspecified atom stereocenters. The summed E-state index contributed by atoms with van der Waals surface area (Å²) in [6, 6.07) is 9.67. The van der Waals surface area contributed by atoms with E-state index in [1.165, 1.54) is 0 Å². The van der Waals surface area contributed by atoms with E-state index in [1.54, 1.807) is 16.2 Å². The van der Waals surface area contributed by atoms with E-state index in [1.807, 2.05) is 51.1 Å². The van der Waals surface area contributed by atoms with Gasteiger partial charge in [0.15, 0.2) is 0 Å². The molecule has 20 heavy (non-hydrogen) atoms. The lowest BCUT2D eigenvalue weighted by molar-refractivity contribution is -0.156. The van der Waals surface area contributed by atoms with Crippen molar-refractivity contribution in [2.24, 2.45) is 5.73 Å². The van der Waals surface area contributed by atoms with Crippen molar-refractivity contribution in [3.63, 3.8) is 0 Å². The molecule has 0 amide bonds. The second-order valence-electron chi connectivity index (χ2n) is 5.53. The highest BCUT2D eigenvalue weighted by atomic mass is 16.6. The number of hydrogen-bond donors (Lipinski definition) is 2. The molecule has 0 radical (unpaired) electrons. The van der Waals surface area contributed by atoms with E-state index in [0.717, 1.165) is 5.69 Å². The molecule has 0 saturated heterocycles. The number of benzene rings is 1. The molecule has 0 spiro atoms. The Bertz CT molecular complexity index is 508. The first-order chi connectivity index (χ1) is 9.35. The molecular weight excluding hydrogens is 256 g/mol. The highest BCUT2D eigenvalue weighted by Gasteiger charge is 2.24. The van der Waals surface area contributed by atoms with Gasteiger partial charge in [-0.3, -0.25) is 14.8 Å². The number of nitrogens with one attached hydrogen (secondary N) is 1. The van der Waals surface area contributed by atoms with E-state index in [-0.39, 0.29) is 12.5 Å². The number of esters is 1. The first-order valence-corrected chi connectivity index (χ1v) is 6.42. The van der Waals surface area contributed by atoms with Crippen molar-refractivity contribution < 1.29 is 9.53 Å². The maximum absolute atomic E-state index is 11.8.